The first-order valence-corrected chi connectivity index (χ1v) is 7.21. The molecule has 21 heavy (non-hydrogen) atoms. The lowest BCUT2D eigenvalue weighted by atomic mass is 10.1. The molecule has 0 aliphatic heterocycles. The summed E-state index contributed by atoms with van der Waals surface area (Å²) in [7, 11) is 0. The molecule has 0 fully saturated rings. The topological polar surface area (TPSA) is 45.2 Å². The summed E-state index contributed by atoms with van der Waals surface area (Å²) in [5, 5.41) is 15.8. The Morgan fingerprint density at radius 2 is 2.14 bits per heavy atom. The van der Waals surface area contributed by atoms with Gasteiger partial charge in [0.05, 0.1) is 22.4 Å². The van der Waals surface area contributed by atoms with Crippen molar-refractivity contribution in [1.29, 1.82) is 0 Å². The van der Waals surface area contributed by atoms with Gasteiger partial charge in [-0.05, 0) is 24.6 Å². The molecular formula is C14H15F3N2OS. The van der Waals surface area contributed by atoms with E-state index in [0.29, 0.717) is 6.54 Å². The van der Waals surface area contributed by atoms with Crippen molar-refractivity contribution < 1.29 is 18.3 Å². The van der Waals surface area contributed by atoms with Crippen LogP contribution in [0.4, 0.5) is 13.2 Å². The van der Waals surface area contributed by atoms with Crippen molar-refractivity contribution in [3.63, 3.8) is 0 Å². The van der Waals surface area contributed by atoms with Crippen LogP contribution < -0.4 is 5.32 Å². The van der Waals surface area contributed by atoms with Crippen molar-refractivity contribution in [1.82, 2.24) is 10.3 Å². The van der Waals surface area contributed by atoms with E-state index in [2.05, 4.69) is 10.3 Å². The van der Waals surface area contributed by atoms with Crippen LogP contribution >= 0.6 is 11.3 Å². The fourth-order valence-electron chi connectivity index (χ4n) is 1.87. The molecule has 1 unspecified atom stereocenters. The van der Waals surface area contributed by atoms with Crippen LogP contribution in [0.3, 0.4) is 0 Å². The molecule has 0 aliphatic rings. The third-order valence-corrected chi connectivity index (χ3v) is 3.73. The van der Waals surface area contributed by atoms with Gasteiger partial charge in [-0.25, -0.2) is 4.98 Å². The molecule has 2 rings (SSSR count). The quantitative estimate of drug-likeness (QED) is 0.890. The highest BCUT2D eigenvalue weighted by Gasteiger charge is 2.30. The number of aryl methyl sites for hydroxylation is 1. The van der Waals surface area contributed by atoms with Crippen molar-refractivity contribution in [3.05, 3.63) is 51.5 Å². The molecular weight excluding hydrogens is 301 g/mol. The molecule has 0 saturated carbocycles. The number of aliphatic hydroxyl groups excluding tert-OH is 1. The normalized spacial score (nSPS) is 13.4. The first kappa shape index (κ1) is 15.9. The summed E-state index contributed by atoms with van der Waals surface area (Å²) in [6, 6.07) is 4.74. The van der Waals surface area contributed by atoms with E-state index in [-0.39, 0.29) is 12.1 Å². The van der Waals surface area contributed by atoms with Gasteiger partial charge < -0.3 is 10.4 Å². The van der Waals surface area contributed by atoms with E-state index in [1.54, 1.807) is 0 Å². The molecule has 0 saturated heterocycles. The second-order valence-corrected chi connectivity index (χ2v) is 5.69. The maximum Gasteiger partial charge on any atom is 0.416 e. The summed E-state index contributed by atoms with van der Waals surface area (Å²) >= 11 is 1.53. The second-order valence-electron chi connectivity index (χ2n) is 4.63. The zero-order valence-corrected chi connectivity index (χ0v) is 12.1. The van der Waals surface area contributed by atoms with Gasteiger partial charge in [0.15, 0.2) is 0 Å². The van der Waals surface area contributed by atoms with Gasteiger partial charge in [0, 0.05) is 18.5 Å². The molecule has 2 aromatic rings. The number of thiazole rings is 1. The number of nitrogens with zero attached hydrogens (tertiary/aromatic N) is 1. The minimum atomic E-state index is -4.40. The van der Waals surface area contributed by atoms with Gasteiger partial charge in [0.1, 0.15) is 0 Å². The summed E-state index contributed by atoms with van der Waals surface area (Å²) in [6.45, 7) is 2.53. The molecule has 0 amide bonds. The fourth-order valence-corrected chi connectivity index (χ4v) is 2.48. The van der Waals surface area contributed by atoms with Crippen LogP contribution in [0.1, 0.15) is 27.9 Å². The fraction of sp³-hybridized carbons (Fsp3) is 0.357. The molecule has 2 N–H and O–H groups in total. The number of alkyl halides is 3. The van der Waals surface area contributed by atoms with E-state index >= 15 is 0 Å². The Labute approximate surface area is 124 Å². The maximum absolute atomic E-state index is 12.6. The van der Waals surface area contributed by atoms with Gasteiger partial charge in [-0.3, -0.25) is 0 Å². The number of halogens is 3. The van der Waals surface area contributed by atoms with E-state index in [9.17, 15) is 18.3 Å². The molecule has 0 aliphatic carbocycles. The Kier molecular flexibility index (Phi) is 4.97. The minimum Gasteiger partial charge on any atom is -0.387 e. The Morgan fingerprint density at radius 3 is 2.76 bits per heavy atom. The Bertz CT molecular complexity index is 598. The summed E-state index contributed by atoms with van der Waals surface area (Å²) < 4.78 is 37.8. The smallest absolute Gasteiger partial charge is 0.387 e. The average molecular weight is 316 g/mol. The largest absolute Gasteiger partial charge is 0.416 e. The Morgan fingerprint density at radius 1 is 1.38 bits per heavy atom. The lowest BCUT2D eigenvalue weighted by molar-refractivity contribution is -0.137. The predicted molar refractivity (Wildman–Crippen MR) is 75.0 cm³/mol. The van der Waals surface area contributed by atoms with E-state index in [1.807, 2.05) is 12.3 Å². The van der Waals surface area contributed by atoms with Gasteiger partial charge in [0.25, 0.3) is 0 Å². The average Bonchev–Trinajstić information content (AvgIpc) is 2.83. The van der Waals surface area contributed by atoms with Gasteiger partial charge >= 0.3 is 6.18 Å². The first-order valence-electron chi connectivity index (χ1n) is 6.33. The highest BCUT2D eigenvalue weighted by molar-refractivity contribution is 7.09. The molecule has 114 valence electrons. The van der Waals surface area contributed by atoms with Crippen molar-refractivity contribution in [2.24, 2.45) is 0 Å². The molecule has 0 spiro atoms. The van der Waals surface area contributed by atoms with E-state index in [4.69, 9.17) is 0 Å². The number of hydrogen-bond donors (Lipinski definition) is 2. The van der Waals surface area contributed by atoms with Crippen LogP contribution in [0.15, 0.2) is 29.6 Å². The SMILES string of the molecule is Cc1nc(CNCC(O)c2cccc(C(F)(F)F)c2)cs1. The maximum atomic E-state index is 12.6. The zero-order chi connectivity index (χ0) is 15.5. The zero-order valence-electron chi connectivity index (χ0n) is 11.3. The van der Waals surface area contributed by atoms with Crippen LogP contribution in [0.2, 0.25) is 0 Å². The Hall–Kier alpha value is -1.44. The number of aliphatic hydroxyl groups is 1. The lowest BCUT2D eigenvalue weighted by Crippen LogP contribution is -2.21. The third-order valence-electron chi connectivity index (χ3n) is 2.91. The van der Waals surface area contributed by atoms with Crippen LogP contribution in [0.5, 0.6) is 0 Å². The predicted octanol–water partition coefficient (Wildman–Crippen LogP) is 3.29. The molecule has 1 atom stereocenters. The highest BCUT2D eigenvalue weighted by atomic mass is 32.1. The molecule has 1 aromatic heterocycles. The van der Waals surface area contributed by atoms with E-state index in [0.717, 1.165) is 22.8 Å². The van der Waals surface area contributed by atoms with Crippen LogP contribution in [-0.2, 0) is 12.7 Å². The second kappa shape index (κ2) is 6.55. The highest BCUT2D eigenvalue weighted by Crippen LogP contribution is 2.30. The third kappa shape index (κ3) is 4.52. The van der Waals surface area contributed by atoms with E-state index in [1.165, 1.54) is 23.5 Å². The van der Waals surface area contributed by atoms with Crippen LogP contribution in [0.25, 0.3) is 0 Å². The summed E-state index contributed by atoms with van der Waals surface area (Å²) in [5.74, 6) is 0. The molecule has 3 nitrogen and oxygen atoms in total. The number of nitrogens with one attached hydrogen (secondary N) is 1. The minimum absolute atomic E-state index is 0.165. The number of benzene rings is 1. The monoisotopic (exact) mass is 316 g/mol. The number of aromatic nitrogens is 1. The van der Waals surface area contributed by atoms with Crippen molar-refractivity contribution in [2.75, 3.05) is 6.54 Å². The molecule has 7 heteroatoms. The lowest BCUT2D eigenvalue weighted by Gasteiger charge is -2.14. The van der Waals surface area contributed by atoms with Crippen molar-refractivity contribution in [3.8, 4) is 0 Å². The van der Waals surface area contributed by atoms with E-state index < -0.39 is 17.8 Å². The summed E-state index contributed by atoms with van der Waals surface area (Å²) in [5.41, 5.74) is 0.342. The summed E-state index contributed by atoms with van der Waals surface area (Å²) in [4.78, 5) is 4.25. The molecule has 0 radical (unpaired) electrons. The number of hydrogen-bond acceptors (Lipinski definition) is 4. The van der Waals surface area contributed by atoms with Crippen molar-refractivity contribution in [2.45, 2.75) is 25.7 Å². The Balaban J connectivity index is 1.92. The first-order chi connectivity index (χ1) is 9.86. The van der Waals surface area contributed by atoms with Gasteiger partial charge in [-0.1, -0.05) is 12.1 Å². The van der Waals surface area contributed by atoms with Gasteiger partial charge in [0.2, 0.25) is 0 Å². The molecule has 0 bridgehead atoms. The van der Waals surface area contributed by atoms with Crippen LogP contribution in [0, 0.1) is 6.92 Å². The van der Waals surface area contributed by atoms with Gasteiger partial charge in [-0.2, -0.15) is 13.2 Å². The summed E-state index contributed by atoms with van der Waals surface area (Å²) in [6.07, 6.45) is -5.39. The number of rotatable bonds is 5. The molecule has 1 aromatic carbocycles. The molecule has 1 heterocycles. The van der Waals surface area contributed by atoms with Gasteiger partial charge in [-0.15, -0.1) is 11.3 Å². The standard InChI is InChI=1S/C14H15F3N2OS/c1-9-19-12(8-21-9)6-18-7-13(20)10-3-2-4-11(5-10)14(15,16)17/h2-5,8,13,18,20H,6-7H2,1H3. The van der Waals surface area contributed by atoms with Crippen molar-refractivity contribution >= 4 is 11.3 Å². The van der Waals surface area contributed by atoms with Crippen LogP contribution in [-0.4, -0.2) is 16.6 Å².